The molecule has 20 heavy (non-hydrogen) atoms. The van der Waals surface area contributed by atoms with Gasteiger partial charge in [0.1, 0.15) is 5.56 Å². The average molecular weight is 345 g/mol. The van der Waals surface area contributed by atoms with Gasteiger partial charge in [-0.15, -0.1) is 0 Å². The first-order chi connectivity index (χ1) is 9.21. The summed E-state index contributed by atoms with van der Waals surface area (Å²) in [7, 11) is 0. The summed E-state index contributed by atoms with van der Waals surface area (Å²) in [5, 5.41) is -0.0424. The molecule has 0 saturated heterocycles. The van der Waals surface area contributed by atoms with Crippen molar-refractivity contribution in [2.24, 2.45) is 0 Å². The van der Waals surface area contributed by atoms with Crippen molar-refractivity contribution in [3.63, 3.8) is 0 Å². The molecule has 0 spiro atoms. The van der Waals surface area contributed by atoms with Crippen LogP contribution in [0.3, 0.4) is 0 Å². The molecule has 1 aromatic carbocycles. The Morgan fingerprint density at radius 3 is 2.05 bits per heavy atom. The Morgan fingerprint density at radius 2 is 1.55 bits per heavy atom. The smallest absolute Gasteiger partial charge is 0.228 e. The first-order valence-corrected chi connectivity index (χ1v) is 6.22. The van der Waals surface area contributed by atoms with E-state index in [2.05, 4.69) is 4.98 Å². The zero-order valence-corrected chi connectivity index (χ0v) is 11.7. The number of hydrogen-bond acceptors (Lipinski definition) is 1. The van der Waals surface area contributed by atoms with E-state index in [4.69, 9.17) is 34.8 Å². The molecule has 0 fully saturated rings. The number of nitrogens with zero attached hydrogens (tertiary/aromatic N) is 1. The van der Waals surface area contributed by atoms with Crippen LogP contribution in [-0.4, -0.2) is 4.98 Å². The number of benzene rings is 1. The highest BCUT2D eigenvalue weighted by atomic mass is 35.5. The van der Waals surface area contributed by atoms with Crippen LogP contribution in [0.4, 0.5) is 17.6 Å². The fraction of sp³-hybridized carbons (Fsp3) is 0.0833. The highest BCUT2D eigenvalue weighted by Crippen LogP contribution is 2.41. The second kappa shape index (κ2) is 5.39. The van der Waals surface area contributed by atoms with Crippen molar-refractivity contribution < 1.29 is 17.6 Å². The Balaban J connectivity index is 2.74. The van der Waals surface area contributed by atoms with E-state index in [0.29, 0.717) is 0 Å². The van der Waals surface area contributed by atoms with E-state index in [1.165, 1.54) is 12.1 Å². The second-order valence-electron chi connectivity index (χ2n) is 3.78. The normalized spacial score (nSPS) is 11.8. The van der Waals surface area contributed by atoms with Crippen LogP contribution in [0, 0.1) is 5.95 Å². The molecular formula is C12H4Cl3F4N. The maximum atomic E-state index is 13.4. The Morgan fingerprint density at radius 1 is 1.00 bits per heavy atom. The van der Waals surface area contributed by atoms with E-state index < -0.39 is 23.3 Å². The lowest BCUT2D eigenvalue weighted by Gasteiger charge is -2.14. The van der Waals surface area contributed by atoms with E-state index in [0.717, 1.165) is 12.3 Å². The summed E-state index contributed by atoms with van der Waals surface area (Å²) in [6.07, 6.45) is -3.97. The zero-order chi connectivity index (χ0) is 15.1. The second-order valence-corrected chi connectivity index (χ2v) is 4.97. The van der Waals surface area contributed by atoms with Crippen LogP contribution < -0.4 is 0 Å². The summed E-state index contributed by atoms with van der Waals surface area (Å²) in [6.45, 7) is 0. The van der Waals surface area contributed by atoms with Gasteiger partial charge in [0.15, 0.2) is 0 Å². The van der Waals surface area contributed by atoms with Crippen molar-refractivity contribution in [1.82, 2.24) is 4.98 Å². The average Bonchev–Trinajstić information content (AvgIpc) is 2.33. The molecule has 1 heterocycles. The van der Waals surface area contributed by atoms with Gasteiger partial charge in [0.05, 0.1) is 15.1 Å². The number of aromatic nitrogens is 1. The molecule has 0 radical (unpaired) electrons. The van der Waals surface area contributed by atoms with Gasteiger partial charge in [-0.25, -0.2) is 4.98 Å². The largest absolute Gasteiger partial charge is 0.421 e. The number of pyridine rings is 1. The van der Waals surface area contributed by atoms with Crippen LogP contribution in [0.15, 0.2) is 24.4 Å². The van der Waals surface area contributed by atoms with Crippen LogP contribution in [0.5, 0.6) is 0 Å². The Bertz CT molecular complexity index is 647. The van der Waals surface area contributed by atoms with E-state index in [9.17, 15) is 17.6 Å². The maximum absolute atomic E-state index is 13.4. The van der Waals surface area contributed by atoms with Crippen LogP contribution in [0.2, 0.25) is 15.1 Å². The minimum absolute atomic E-state index is 0.00183. The summed E-state index contributed by atoms with van der Waals surface area (Å²) in [5.74, 6) is -1.61. The molecule has 0 unspecified atom stereocenters. The predicted molar refractivity (Wildman–Crippen MR) is 69.7 cm³/mol. The quantitative estimate of drug-likeness (QED) is 0.358. The summed E-state index contributed by atoms with van der Waals surface area (Å²) in [6, 6.07) is 3.39. The molecule has 0 aliphatic heterocycles. The number of rotatable bonds is 1. The topological polar surface area (TPSA) is 12.9 Å². The van der Waals surface area contributed by atoms with Gasteiger partial charge in [-0.3, -0.25) is 0 Å². The van der Waals surface area contributed by atoms with E-state index >= 15 is 0 Å². The van der Waals surface area contributed by atoms with Gasteiger partial charge in [-0.1, -0.05) is 34.8 Å². The highest BCUT2D eigenvalue weighted by Gasteiger charge is 2.38. The fourth-order valence-corrected chi connectivity index (χ4v) is 2.25. The van der Waals surface area contributed by atoms with Crippen LogP contribution >= 0.6 is 34.8 Å². The van der Waals surface area contributed by atoms with Crippen LogP contribution in [0.1, 0.15) is 5.56 Å². The highest BCUT2D eigenvalue weighted by molar-refractivity contribution is 6.48. The first-order valence-electron chi connectivity index (χ1n) is 5.08. The molecule has 2 aromatic rings. The van der Waals surface area contributed by atoms with Crippen molar-refractivity contribution in [2.45, 2.75) is 6.18 Å². The Labute approximate surface area is 126 Å². The molecule has 0 bridgehead atoms. The summed E-state index contributed by atoms with van der Waals surface area (Å²) in [4.78, 5) is 3.02. The fourth-order valence-electron chi connectivity index (χ4n) is 1.66. The third-order valence-corrected chi connectivity index (χ3v) is 3.68. The Kier molecular flexibility index (Phi) is 4.14. The lowest BCUT2D eigenvalue weighted by molar-refractivity contribution is -0.139. The van der Waals surface area contributed by atoms with Gasteiger partial charge in [0.2, 0.25) is 5.95 Å². The van der Waals surface area contributed by atoms with E-state index in [-0.39, 0.29) is 20.6 Å². The lowest BCUT2D eigenvalue weighted by atomic mass is 10.0. The molecule has 1 nitrogen and oxygen atoms in total. The van der Waals surface area contributed by atoms with Gasteiger partial charge in [0, 0.05) is 11.8 Å². The molecule has 0 aliphatic rings. The number of hydrogen-bond donors (Lipinski definition) is 0. The molecule has 0 amide bonds. The van der Waals surface area contributed by atoms with Crippen molar-refractivity contribution in [1.29, 1.82) is 0 Å². The summed E-state index contributed by atoms with van der Waals surface area (Å²) >= 11 is 17.3. The van der Waals surface area contributed by atoms with Gasteiger partial charge in [-0.05, 0) is 23.8 Å². The molecule has 0 atom stereocenters. The molecule has 0 N–H and O–H groups in total. The third kappa shape index (κ3) is 2.85. The molecule has 0 saturated carbocycles. The standard InChI is InChI=1S/C12H4Cl3F4N/c13-7-3-5(4-8(14)10(7)15)6-1-2-20-11(16)9(6)12(17,18)19/h1-4H. The van der Waals surface area contributed by atoms with Gasteiger partial charge >= 0.3 is 6.18 Å². The number of alkyl halides is 3. The summed E-state index contributed by atoms with van der Waals surface area (Å²) < 4.78 is 52.1. The molecule has 2 rings (SSSR count). The zero-order valence-electron chi connectivity index (χ0n) is 9.40. The van der Waals surface area contributed by atoms with Crippen molar-refractivity contribution in [3.05, 3.63) is 51.0 Å². The summed E-state index contributed by atoms with van der Waals surface area (Å²) in [5.41, 5.74) is -1.89. The molecular weight excluding hydrogens is 340 g/mol. The molecule has 106 valence electrons. The molecule has 8 heteroatoms. The molecule has 0 aliphatic carbocycles. The van der Waals surface area contributed by atoms with Crippen LogP contribution in [0.25, 0.3) is 11.1 Å². The van der Waals surface area contributed by atoms with Crippen molar-refractivity contribution in [2.75, 3.05) is 0 Å². The van der Waals surface area contributed by atoms with Gasteiger partial charge in [0.25, 0.3) is 0 Å². The molecule has 1 aromatic heterocycles. The first kappa shape index (κ1) is 15.4. The van der Waals surface area contributed by atoms with E-state index in [1.807, 2.05) is 0 Å². The van der Waals surface area contributed by atoms with Gasteiger partial charge in [-0.2, -0.15) is 17.6 Å². The predicted octanol–water partition coefficient (Wildman–Crippen LogP) is 5.87. The van der Waals surface area contributed by atoms with E-state index in [1.54, 1.807) is 0 Å². The van der Waals surface area contributed by atoms with Crippen LogP contribution in [-0.2, 0) is 6.18 Å². The SMILES string of the molecule is Fc1nccc(-c2cc(Cl)c(Cl)c(Cl)c2)c1C(F)(F)F. The minimum Gasteiger partial charge on any atom is -0.228 e. The van der Waals surface area contributed by atoms with Crippen molar-refractivity contribution in [3.8, 4) is 11.1 Å². The number of halogens is 7. The maximum Gasteiger partial charge on any atom is 0.421 e. The third-order valence-electron chi connectivity index (χ3n) is 2.48. The Hall–Kier alpha value is -1.04. The van der Waals surface area contributed by atoms with Crippen molar-refractivity contribution >= 4 is 34.8 Å². The van der Waals surface area contributed by atoms with Gasteiger partial charge < -0.3 is 0 Å². The lowest BCUT2D eigenvalue weighted by Crippen LogP contribution is -2.11. The monoisotopic (exact) mass is 343 g/mol. The minimum atomic E-state index is -4.90.